The molecule has 0 atom stereocenters. The lowest BCUT2D eigenvalue weighted by atomic mass is 9.95. The standard InChI is InChI=1S/C22H23NO4/c1-13(2)17-11-18-15(9-22(24)27-20(18)8-14(17)3)12-23-16-4-5-19-21(10-16)26-7-6-25-19/h4-5,8-11,13,23H,6-7,12H2,1-3H3. The normalized spacial score (nSPS) is 13.2. The van der Waals surface area contributed by atoms with Crippen LogP contribution in [-0.4, -0.2) is 13.2 Å². The fourth-order valence-corrected chi connectivity index (χ4v) is 3.51. The fourth-order valence-electron chi connectivity index (χ4n) is 3.51. The summed E-state index contributed by atoms with van der Waals surface area (Å²) in [5.74, 6) is 1.90. The van der Waals surface area contributed by atoms with Crippen LogP contribution in [0.2, 0.25) is 0 Å². The first-order valence-electron chi connectivity index (χ1n) is 9.22. The van der Waals surface area contributed by atoms with E-state index >= 15 is 0 Å². The molecule has 0 amide bonds. The smallest absolute Gasteiger partial charge is 0.336 e. The van der Waals surface area contributed by atoms with Gasteiger partial charge in [0.15, 0.2) is 11.5 Å². The van der Waals surface area contributed by atoms with Crippen LogP contribution in [0.5, 0.6) is 11.5 Å². The molecule has 0 bridgehead atoms. The third-order valence-electron chi connectivity index (χ3n) is 4.86. The van der Waals surface area contributed by atoms with Crippen molar-refractivity contribution in [2.24, 2.45) is 0 Å². The molecule has 2 aromatic carbocycles. The van der Waals surface area contributed by atoms with Gasteiger partial charge in [-0.25, -0.2) is 4.79 Å². The zero-order valence-corrected chi connectivity index (χ0v) is 15.8. The van der Waals surface area contributed by atoms with Crippen LogP contribution in [0.25, 0.3) is 11.0 Å². The lowest BCUT2D eigenvalue weighted by molar-refractivity contribution is 0.171. The number of fused-ring (bicyclic) bond motifs is 2. The lowest BCUT2D eigenvalue weighted by Crippen LogP contribution is -2.15. The zero-order valence-electron chi connectivity index (χ0n) is 15.8. The van der Waals surface area contributed by atoms with Crippen LogP contribution < -0.4 is 20.4 Å². The van der Waals surface area contributed by atoms with Crippen molar-refractivity contribution < 1.29 is 13.9 Å². The summed E-state index contributed by atoms with van der Waals surface area (Å²) in [6, 6.07) is 11.4. The minimum absolute atomic E-state index is 0.335. The molecule has 0 spiro atoms. The van der Waals surface area contributed by atoms with Gasteiger partial charge in [0.25, 0.3) is 0 Å². The number of anilines is 1. The first kappa shape index (κ1) is 17.5. The molecule has 4 rings (SSSR count). The van der Waals surface area contributed by atoms with Gasteiger partial charge in [0.2, 0.25) is 0 Å². The van der Waals surface area contributed by atoms with E-state index in [2.05, 4.69) is 32.2 Å². The van der Waals surface area contributed by atoms with E-state index in [0.29, 0.717) is 31.3 Å². The summed E-state index contributed by atoms with van der Waals surface area (Å²) in [7, 11) is 0. The van der Waals surface area contributed by atoms with E-state index in [0.717, 1.165) is 33.7 Å². The number of hydrogen-bond donors (Lipinski definition) is 1. The Kier molecular flexibility index (Phi) is 4.52. The Morgan fingerprint density at radius 1 is 1.04 bits per heavy atom. The van der Waals surface area contributed by atoms with Crippen molar-refractivity contribution in [2.75, 3.05) is 18.5 Å². The van der Waals surface area contributed by atoms with Crippen molar-refractivity contribution in [1.29, 1.82) is 0 Å². The highest BCUT2D eigenvalue weighted by molar-refractivity contribution is 5.82. The largest absolute Gasteiger partial charge is 0.486 e. The molecular weight excluding hydrogens is 342 g/mol. The van der Waals surface area contributed by atoms with Crippen LogP contribution in [0.15, 0.2) is 45.6 Å². The Bertz CT molecular complexity index is 1050. The van der Waals surface area contributed by atoms with Crippen molar-refractivity contribution in [2.45, 2.75) is 33.2 Å². The molecule has 27 heavy (non-hydrogen) atoms. The molecule has 1 aliphatic rings. The van der Waals surface area contributed by atoms with E-state index in [4.69, 9.17) is 13.9 Å². The van der Waals surface area contributed by atoms with E-state index in [1.807, 2.05) is 24.3 Å². The maximum absolute atomic E-state index is 12.0. The summed E-state index contributed by atoms with van der Waals surface area (Å²) >= 11 is 0. The third-order valence-corrected chi connectivity index (χ3v) is 4.86. The van der Waals surface area contributed by atoms with Gasteiger partial charge in [-0.05, 0) is 53.8 Å². The van der Waals surface area contributed by atoms with Gasteiger partial charge in [-0.1, -0.05) is 13.8 Å². The number of ether oxygens (including phenoxy) is 2. The molecule has 140 valence electrons. The number of rotatable bonds is 4. The molecule has 0 fully saturated rings. The van der Waals surface area contributed by atoms with E-state index in [1.54, 1.807) is 6.07 Å². The van der Waals surface area contributed by atoms with Gasteiger partial charge in [0.1, 0.15) is 18.8 Å². The molecule has 1 aliphatic heterocycles. The van der Waals surface area contributed by atoms with Crippen LogP contribution in [0, 0.1) is 6.92 Å². The molecule has 5 heteroatoms. The topological polar surface area (TPSA) is 60.7 Å². The summed E-state index contributed by atoms with van der Waals surface area (Å²) in [4.78, 5) is 12.0. The molecule has 0 aliphatic carbocycles. The minimum atomic E-state index is -0.335. The molecule has 2 heterocycles. The van der Waals surface area contributed by atoms with Gasteiger partial charge in [-0.2, -0.15) is 0 Å². The van der Waals surface area contributed by atoms with Gasteiger partial charge < -0.3 is 19.2 Å². The highest BCUT2D eigenvalue weighted by Gasteiger charge is 2.13. The number of hydrogen-bond acceptors (Lipinski definition) is 5. The molecule has 0 radical (unpaired) electrons. The van der Waals surface area contributed by atoms with E-state index < -0.39 is 0 Å². The fraction of sp³-hybridized carbons (Fsp3) is 0.318. The first-order valence-corrected chi connectivity index (χ1v) is 9.22. The Morgan fingerprint density at radius 3 is 2.59 bits per heavy atom. The quantitative estimate of drug-likeness (QED) is 0.684. The van der Waals surface area contributed by atoms with Crippen molar-refractivity contribution in [3.05, 3.63) is 63.5 Å². The number of benzene rings is 2. The molecule has 5 nitrogen and oxygen atoms in total. The van der Waals surface area contributed by atoms with E-state index in [1.165, 1.54) is 5.56 Å². The van der Waals surface area contributed by atoms with Crippen molar-refractivity contribution in [3.8, 4) is 11.5 Å². The van der Waals surface area contributed by atoms with Gasteiger partial charge in [-0.3, -0.25) is 0 Å². The van der Waals surface area contributed by atoms with Crippen molar-refractivity contribution in [1.82, 2.24) is 0 Å². The van der Waals surface area contributed by atoms with Gasteiger partial charge >= 0.3 is 5.63 Å². The van der Waals surface area contributed by atoms with Gasteiger partial charge in [-0.15, -0.1) is 0 Å². The maximum Gasteiger partial charge on any atom is 0.336 e. The lowest BCUT2D eigenvalue weighted by Gasteiger charge is -2.19. The SMILES string of the molecule is Cc1cc2oc(=O)cc(CNc3ccc4c(c3)OCCO4)c2cc1C(C)C. The maximum atomic E-state index is 12.0. The van der Waals surface area contributed by atoms with Crippen molar-refractivity contribution >= 4 is 16.7 Å². The summed E-state index contributed by atoms with van der Waals surface area (Å²) in [6.07, 6.45) is 0. The second-order valence-electron chi connectivity index (χ2n) is 7.16. The van der Waals surface area contributed by atoms with Crippen LogP contribution in [-0.2, 0) is 6.54 Å². The zero-order chi connectivity index (χ0) is 19.0. The summed E-state index contributed by atoms with van der Waals surface area (Å²) in [5.41, 5.74) is 4.52. The van der Waals surface area contributed by atoms with Crippen LogP contribution >= 0.6 is 0 Å². The predicted molar refractivity (Wildman–Crippen MR) is 106 cm³/mol. The molecule has 0 unspecified atom stereocenters. The van der Waals surface area contributed by atoms with Crippen LogP contribution in [0.3, 0.4) is 0 Å². The summed E-state index contributed by atoms with van der Waals surface area (Å²) in [5, 5.41) is 4.34. The molecule has 0 saturated heterocycles. The average Bonchev–Trinajstić information content (AvgIpc) is 2.65. The molecule has 3 aromatic rings. The van der Waals surface area contributed by atoms with E-state index in [9.17, 15) is 4.79 Å². The second kappa shape index (κ2) is 6.99. The predicted octanol–water partition coefficient (Wildman–Crippen LogP) is 4.61. The average molecular weight is 365 g/mol. The molecule has 1 aromatic heterocycles. The second-order valence-corrected chi connectivity index (χ2v) is 7.16. The van der Waals surface area contributed by atoms with Crippen LogP contribution in [0.1, 0.15) is 36.5 Å². The van der Waals surface area contributed by atoms with Gasteiger partial charge in [0.05, 0.1) is 0 Å². The summed E-state index contributed by atoms with van der Waals surface area (Å²) in [6.45, 7) is 8.03. The Morgan fingerprint density at radius 2 is 1.81 bits per heavy atom. The number of aryl methyl sites for hydroxylation is 1. The number of nitrogens with one attached hydrogen (secondary N) is 1. The van der Waals surface area contributed by atoms with Crippen LogP contribution in [0.4, 0.5) is 5.69 Å². The van der Waals surface area contributed by atoms with E-state index in [-0.39, 0.29) is 5.63 Å². The van der Waals surface area contributed by atoms with Crippen molar-refractivity contribution in [3.63, 3.8) is 0 Å². The third kappa shape index (κ3) is 3.50. The highest BCUT2D eigenvalue weighted by Crippen LogP contribution is 2.33. The van der Waals surface area contributed by atoms with Gasteiger partial charge in [0, 0.05) is 29.8 Å². The summed E-state index contributed by atoms with van der Waals surface area (Å²) < 4.78 is 16.6. The molecule has 1 N–H and O–H groups in total. The Balaban J connectivity index is 1.67. The Hall–Kier alpha value is -2.95. The minimum Gasteiger partial charge on any atom is -0.486 e. The Labute approximate surface area is 157 Å². The molecular formula is C22H23NO4. The highest BCUT2D eigenvalue weighted by atomic mass is 16.6. The monoisotopic (exact) mass is 365 g/mol. The first-order chi connectivity index (χ1) is 13.0. The molecule has 0 saturated carbocycles.